The Balaban J connectivity index is 1.96. The lowest BCUT2D eigenvalue weighted by Gasteiger charge is -2.21. The number of hydrogen-bond donors (Lipinski definition) is 2. The Morgan fingerprint density at radius 1 is 1.12 bits per heavy atom. The number of benzene rings is 2. The van der Waals surface area contributed by atoms with Crippen molar-refractivity contribution >= 4 is 45.5 Å². The minimum absolute atomic E-state index is 0.269. The molecule has 2 heterocycles. The fourth-order valence-corrected chi connectivity index (χ4v) is 3.23. The number of halogens is 1. The number of nitrogens with zero attached hydrogens (tertiary/aromatic N) is 4. The largest absolute Gasteiger partial charge is 0.382 e. The Morgan fingerprint density at radius 3 is 2.73 bits per heavy atom. The zero-order valence-corrected chi connectivity index (χ0v) is 14.9. The highest BCUT2D eigenvalue weighted by Gasteiger charge is 2.14. The minimum atomic E-state index is 0.269. The Kier molecular flexibility index (Phi) is 3.89. The van der Waals surface area contributed by atoms with E-state index in [1.54, 1.807) is 0 Å². The first-order chi connectivity index (χ1) is 12.6. The van der Waals surface area contributed by atoms with Gasteiger partial charge >= 0.3 is 0 Å². The predicted octanol–water partition coefficient (Wildman–Crippen LogP) is 3.49. The van der Waals surface area contributed by atoms with Crippen molar-refractivity contribution in [2.75, 3.05) is 11.9 Å². The Bertz CT molecular complexity index is 1150. The van der Waals surface area contributed by atoms with Crippen molar-refractivity contribution in [3.63, 3.8) is 0 Å². The maximum absolute atomic E-state index is 6.15. The van der Waals surface area contributed by atoms with Gasteiger partial charge in [-0.2, -0.15) is 5.10 Å². The quantitative estimate of drug-likeness (QED) is 0.252. The van der Waals surface area contributed by atoms with Gasteiger partial charge < -0.3 is 20.9 Å². The molecule has 6 nitrogen and oxygen atoms in total. The molecule has 0 aliphatic carbocycles. The van der Waals surface area contributed by atoms with Crippen LogP contribution >= 0.6 is 11.6 Å². The molecular formula is C19H17ClN6. The molecule has 0 saturated carbocycles. The van der Waals surface area contributed by atoms with E-state index in [9.17, 15) is 0 Å². The van der Waals surface area contributed by atoms with Crippen molar-refractivity contribution in [2.24, 2.45) is 16.7 Å². The first-order valence-electron chi connectivity index (χ1n) is 8.02. The third-order valence-electron chi connectivity index (χ3n) is 4.39. The molecule has 26 heavy (non-hydrogen) atoms. The number of hydrogen-bond acceptors (Lipinski definition) is 4. The van der Waals surface area contributed by atoms with Crippen molar-refractivity contribution in [1.29, 1.82) is 0 Å². The summed E-state index contributed by atoms with van der Waals surface area (Å²) in [6.07, 6.45) is 2.01. The molecule has 4 aromatic rings. The number of anilines is 2. The highest BCUT2D eigenvalue weighted by atomic mass is 35.5. The first-order valence-corrected chi connectivity index (χ1v) is 8.40. The summed E-state index contributed by atoms with van der Waals surface area (Å²) >= 11 is 6.15. The summed E-state index contributed by atoms with van der Waals surface area (Å²) in [5.41, 5.74) is 10.3. The fourth-order valence-electron chi connectivity index (χ4n) is 3.05. The summed E-state index contributed by atoms with van der Waals surface area (Å²) < 4.78 is 2.10. The standard InChI is InChI=1S/C19H17ClN6/c1-25(14-5-2-4-13(20)11-14)19-17-6-3-9-26(17)16-8-7-12(18(21)24-22)10-15(16)23-19/h2-11H,22H2,1H3,(H2,21,24). The highest BCUT2D eigenvalue weighted by molar-refractivity contribution is 6.30. The summed E-state index contributed by atoms with van der Waals surface area (Å²) in [5, 5.41) is 4.24. The normalized spacial score (nSPS) is 12.0. The molecule has 0 aliphatic rings. The van der Waals surface area contributed by atoms with E-state index in [0.29, 0.717) is 5.02 Å². The Hall–Kier alpha value is -3.25. The predicted molar refractivity (Wildman–Crippen MR) is 107 cm³/mol. The van der Waals surface area contributed by atoms with Crippen molar-refractivity contribution in [1.82, 2.24) is 9.38 Å². The van der Waals surface area contributed by atoms with Crippen LogP contribution in [0.1, 0.15) is 5.56 Å². The maximum atomic E-state index is 6.15. The molecule has 0 aliphatic heterocycles. The van der Waals surface area contributed by atoms with E-state index < -0.39 is 0 Å². The van der Waals surface area contributed by atoms with Gasteiger partial charge in [-0.15, -0.1) is 0 Å². The smallest absolute Gasteiger partial charge is 0.157 e. The molecule has 4 N–H and O–H groups in total. The molecule has 0 bridgehead atoms. The topological polar surface area (TPSA) is 84.9 Å². The SMILES string of the molecule is CN(c1cccc(Cl)c1)c1nc2cc(/C(N)=N/N)ccc2n2cccc12. The summed E-state index contributed by atoms with van der Waals surface area (Å²) in [7, 11) is 1.96. The molecule has 4 rings (SSSR count). The zero-order valence-electron chi connectivity index (χ0n) is 14.1. The summed E-state index contributed by atoms with van der Waals surface area (Å²) in [5.74, 6) is 6.39. The Labute approximate surface area is 155 Å². The molecular weight excluding hydrogens is 348 g/mol. The lowest BCUT2D eigenvalue weighted by atomic mass is 10.1. The number of rotatable bonds is 3. The van der Waals surface area contributed by atoms with Gasteiger partial charge in [0.2, 0.25) is 0 Å². The monoisotopic (exact) mass is 364 g/mol. The van der Waals surface area contributed by atoms with E-state index in [4.69, 9.17) is 28.2 Å². The molecule has 2 aromatic carbocycles. The number of nitrogens with two attached hydrogens (primary N) is 2. The summed E-state index contributed by atoms with van der Waals surface area (Å²) in [4.78, 5) is 6.88. The highest BCUT2D eigenvalue weighted by Crippen LogP contribution is 2.30. The summed E-state index contributed by atoms with van der Waals surface area (Å²) in [6.45, 7) is 0. The van der Waals surface area contributed by atoms with E-state index in [1.165, 1.54) is 0 Å². The van der Waals surface area contributed by atoms with Gasteiger partial charge in [-0.1, -0.05) is 17.7 Å². The number of hydrazone groups is 1. The van der Waals surface area contributed by atoms with E-state index in [1.807, 2.05) is 72.7 Å². The lowest BCUT2D eigenvalue weighted by molar-refractivity contribution is 1.12. The first kappa shape index (κ1) is 16.2. The molecule has 2 aromatic heterocycles. The van der Waals surface area contributed by atoms with Gasteiger partial charge in [0.1, 0.15) is 5.84 Å². The Morgan fingerprint density at radius 2 is 1.96 bits per heavy atom. The van der Waals surface area contributed by atoms with Crippen LogP contribution in [0.15, 0.2) is 65.9 Å². The molecule has 7 heteroatoms. The molecule has 0 atom stereocenters. The van der Waals surface area contributed by atoms with Gasteiger partial charge in [-0.25, -0.2) is 4.98 Å². The van der Waals surface area contributed by atoms with Gasteiger partial charge in [0, 0.05) is 29.5 Å². The van der Waals surface area contributed by atoms with Gasteiger partial charge in [-0.05, 0) is 48.5 Å². The van der Waals surface area contributed by atoms with Gasteiger partial charge in [-0.3, -0.25) is 0 Å². The van der Waals surface area contributed by atoms with Crippen molar-refractivity contribution < 1.29 is 0 Å². The van der Waals surface area contributed by atoms with Crippen LogP contribution in [0.3, 0.4) is 0 Å². The maximum Gasteiger partial charge on any atom is 0.157 e. The average Bonchev–Trinajstić information content (AvgIpc) is 3.15. The van der Waals surface area contributed by atoms with Crippen molar-refractivity contribution in [3.8, 4) is 0 Å². The second kappa shape index (κ2) is 6.24. The third-order valence-corrected chi connectivity index (χ3v) is 4.62. The second-order valence-corrected chi connectivity index (χ2v) is 6.39. The van der Waals surface area contributed by atoms with Crippen LogP contribution in [0, 0.1) is 0 Å². The van der Waals surface area contributed by atoms with Crippen LogP contribution in [-0.2, 0) is 0 Å². The van der Waals surface area contributed by atoms with E-state index in [0.717, 1.165) is 33.6 Å². The van der Waals surface area contributed by atoms with Gasteiger partial charge in [0.15, 0.2) is 5.82 Å². The molecule has 0 saturated heterocycles. The van der Waals surface area contributed by atoms with Crippen LogP contribution in [0.4, 0.5) is 11.5 Å². The molecule has 130 valence electrons. The van der Waals surface area contributed by atoms with Crippen molar-refractivity contribution in [3.05, 3.63) is 71.4 Å². The molecule has 0 spiro atoms. The molecule has 0 amide bonds. The van der Waals surface area contributed by atoms with Gasteiger partial charge in [0.05, 0.1) is 16.6 Å². The molecule has 0 fully saturated rings. The van der Waals surface area contributed by atoms with Crippen LogP contribution in [0.25, 0.3) is 16.6 Å². The van der Waals surface area contributed by atoms with Gasteiger partial charge in [0.25, 0.3) is 0 Å². The number of amidine groups is 1. The van der Waals surface area contributed by atoms with Crippen LogP contribution in [0.5, 0.6) is 0 Å². The molecule has 0 radical (unpaired) electrons. The van der Waals surface area contributed by atoms with E-state index >= 15 is 0 Å². The van der Waals surface area contributed by atoms with Crippen molar-refractivity contribution in [2.45, 2.75) is 0 Å². The average molecular weight is 365 g/mol. The van der Waals surface area contributed by atoms with E-state index in [-0.39, 0.29) is 5.84 Å². The van der Waals surface area contributed by atoms with Crippen LogP contribution < -0.4 is 16.5 Å². The third kappa shape index (κ3) is 2.60. The second-order valence-electron chi connectivity index (χ2n) is 5.96. The minimum Gasteiger partial charge on any atom is -0.382 e. The van der Waals surface area contributed by atoms with E-state index in [2.05, 4.69) is 9.50 Å². The summed E-state index contributed by atoms with van der Waals surface area (Å²) in [6, 6.07) is 17.4. The van der Waals surface area contributed by atoms with Crippen LogP contribution in [0.2, 0.25) is 5.02 Å². The zero-order chi connectivity index (χ0) is 18.3. The number of fused-ring (bicyclic) bond motifs is 3. The lowest BCUT2D eigenvalue weighted by Crippen LogP contribution is -2.16. The number of aromatic nitrogens is 2. The van der Waals surface area contributed by atoms with Crippen LogP contribution in [-0.4, -0.2) is 22.3 Å². The molecule has 0 unspecified atom stereocenters. The fraction of sp³-hybridized carbons (Fsp3) is 0.0526.